The molecule has 0 saturated heterocycles. The summed E-state index contributed by atoms with van der Waals surface area (Å²) in [5.74, 6) is -2.84. The van der Waals surface area contributed by atoms with E-state index in [4.69, 9.17) is 17.3 Å². The Morgan fingerprint density at radius 1 is 1.00 bits per heavy atom. The maximum absolute atomic E-state index is 15.9. The van der Waals surface area contributed by atoms with Gasteiger partial charge in [-0.2, -0.15) is 5.10 Å². The Hall–Kier alpha value is -3.57. The van der Waals surface area contributed by atoms with Crippen LogP contribution >= 0.6 is 11.6 Å². The van der Waals surface area contributed by atoms with Crippen molar-refractivity contribution in [2.75, 3.05) is 10.5 Å². The molecule has 2 heterocycles. The average Bonchev–Trinajstić information content (AvgIpc) is 3.52. The lowest BCUT2D eigenvalue weighted by atomic mass is 10.0. The van der Waals surface area contributed by atoms with E-state index in [1.165, 1.54) is 30.7 Å². The summed E-state index contributed by atoms with van der Waals surface area (Å²) < 4.78 is 74.3. The first kappa shape index (κ1) is 25.1. The maximum Gasteiger partial charge on any atom is 0.235 e. The van der Waals surface area contributed by atoms with Crippen molar-refractivity contribution in [2.24, 2.45) is 0 Å². The SMILES string of the molecule is Nc1cc(F)c(-n2cc(-c3cc(Cl)cc(NS(=O)(=O)C4CCCC4)c3F)c(-c3ccncc3)n2)c(F)c1. The van der Waals surface area contributed by atoms with Crippen molar-refractivity contribution in [2.45, 2.75) is 30.9 Å². The third-order valence-corrected chi connectivity index (χ3v) is 8.33. The predicted molar refractivity (Wildman–Crippen MR) is 136 cm³/mol. The van der Waals surface area contributed by atoms with Gasteiger partial charge >= 0.3 is 0 Å². The highest BCUT2D eigenvalue weighted by Gasteiger charge is 2.30. The fraction of sp³-hybridized carbons (Fsp3) is 0.200. The van der Waals surface area contributed by atoms with Crippen molar-refractivity contribution in [1.29, 1.82) is 0 Å². The normalized spacial score (nSPS) is 14.3. The molecule has 4 aromatic rings. The molecule has 1 aliphatic carbocycles. The highest BCUT2D eigenvalue weighted by molar-refractivity contribution is 7.93. The van der Waals surface area contributed by atoms with E-state index in [1.807, 2.05) is 0 Å². The van der Waals surface area contributed by atoms with Gasteiger partial charge in [-0.15, -0.1) is 0 Å². The minimum Gasteiger partial charge on any atom is -0.399 e. The van der Waals surface area contributed by atoms with E-state index in [1.54, 1.807) is 12.1 Å². The van der Waals surface area contributed by atoms with Crippen LogP contribution in [0.1, 0.15) is 25.7 Å². The molecule has 1 fully saturated rings. The second-order valence-electron chi connectivity index (χ2n) is 8.77. The molecule has 5 rings (SSSR count). The predicted octanol–water partition coefficient (Wildman–Crippen LogP) is 5.94. The number of sulfonamides is 1. The molecule has 1 saturated carbocycles. The number of nitrogens with two attached hydrogens (primary N) is 1. The number of aromatic nitrogens is 3. The summed E-state index contributed by atoms with van der Waals surface area (Å²) in [4.78, 5) is 3.96. The van der Waals surface area contributed by atoms with Gasteiger partial charge in [0.15, 0.2) is 17.5 Å². The number of nitrogens with zero attached hydrogens (tertiary/aromatic N) is 3. The van der Waals surface area contributed by atoms with Crippen LogP contribution in [0.3, 0.4) is 0 Å². The van der Waals surface area contributed by atoms with Crippen molar-refractivity contribution >= 4 is 33.0 Å². The van der Waals surface area contributed by atoms with Crippen LogP contribution in [-0.4, -0.2) is 28.4 Å². The lowest BCUT2D eigenvalue weighted by Gasteiger charge is -2.16. The van der Waals surface area contributed by atoms with Crippen molar-refractivity contribution in [3.8, 4) is 28.1 Å². The number of hydrogen-bond acceptors (Lipinski definition) is 5. The minimum atomic E-state index is -3.86. The first-order chi connectivity index (χ1) is 17.6. The van der Waals surface area contributed by atoms with E-state index in [0.717, 1.165) is 29.7 Å². The van der Waals surface area contributed by atoms with Crippen LogP contribution in [-0.2, 0) is 10.0 Å². The van der Waals surface area contributed by atoms with Gasteiger partial charge in [0.1, 0.15) is 11.4 Å². The van der Waals surface area contributed by atoms with E-state index in [0.29, 0.717) is 18.4 Å². The molecule has 0 atom stereocenters. The van der Waals surface area contributed by atoms with E-state index >= 15 is 4.39 Å². The molecule has 0 amide bonds. The van der Waals surface area contributed by atoms with Crippen LogP contribution in [0.25, 0.3) is 28.1 Å². The molecule has 0 radical (unpaired) electrons. The molecule has 192 valence electrons. The van der Waals surface area contributed by atoms with Crippen LogP contribution < -0.4 is 10.5 Å². The number of nitrogen functional groups attached to an aromatic ring is 1. The van der Waals surface area contributed by atoms with Gasteiger partial charge in [-0.25, -0.2) is 26.3 Å². The highest BCUT2D eigenvalue weighted by Crippen LogP contribution is 2.39. The molecule has 0 bridgehead atoms. The van der Waals surface area contributed by atoms with Crippen LogP contribution in [0, 0.1) is 17.5 Å². The Morgan fingerprint density at radius 2 is 1.65 bits per heavy atom. The van der Waals surface area contributed by atoms with Crippen molar-refractivity contribution in [1.82, 2.24) is 14.8 Å². The molecule has 3 N–H and O–H groups in total. The second-order valence-corrected chi connectivity index (χ2v) is 11.2. The molecule has 0 aliphatic heterocycles. The van der Waals surface area contributed by atoms with Crippen LogP contribution in [0.2, 0.25) is 5.02 Å². The molecular formula is C25H21ClF3N5O2S. The van der Waals surface area contributed by atoms with E-state index in [9.17, 15) is 17.2 Å². The summed E-state index contributed by atoms with van der Waals surface area (Å²) in [6.45, 7) is 0. The summed E-state index contributed by atoms with van der Waals surface area (Å²) in [6.07, 6.45) is 6.75. The Bertz CT molecular complexity index is 1570. The van der Waals surface area contributed by atoms with Crippen LogP contribution in [0.5, 0.6) is 0 Å². The smallest absolute Gasteiger partial charge is 0.235 e. The largest absolute Gasteiger partial charge is 0.399 e. The van der Waals surface area contributed by atoms with Gasteiger partial charge in [0.2, 0.25) is 10.0 Å². The van der Waals surface area contributed by atoms with Crippen molar-refractivity contribution in [3.63, 3.8) is 0 Å². The Balaban J connectivity index is 1.68. The molecule has 37 heavy (non-hydrogen) atoms. The second kappa shape index (κ2) is 9.71. The van der Waals surface area contributed by atoms with Gasteiger partial charge in [-0.1, -0.05) is 24.4 Å². The summed E-state index contributed by atoms with van der Waals surface area (Å²) >= 11 is 6.28. The van der Waals surface area contributed by atoms with Gasteiger partial charge in [0.25, 0.3) is 0 Å². The zero-order valence-electron chi connectivity index (χ0n) is 19.3. The van der Waals surface area contributed by atoms with Crippen LogP contribution in [0.15, 0.2) is 55.0 Å². The van der Waals surface area contributed by atoms with Crippen molar-refractivity contribution < 1.29 is 21.6 Å². The third-order valence-electron chi connectivity index (χ3n) is 6.26. The van der Waals surface area contributed by atoms with E-state index in [2.05, 4.69) is 14.8 Å². The fourth-order valence-electron chi connectivity index (χ4n) is 4.51. The lowest BCUT2D eigenvalue weighted by Crippen LogP contribution is -2.25. The maximum atomic E-state index is 15.9. The zero-order chi connectivity index (χ0) is 26.3. The Kier molecular flexibility index (Phi) is 6.59. The first-order valence-corrected chi connectivity index (χ1v) is 13.3. The van der Waals surface area contributed by atoms with Gasteiger partial charge in [-0.05, 0) is 49.2 Å². The molecular weight excluding hydrogens is 527 g/mol. The number of nitrogens with one attached hydrogen (secondary N) is 1. The van der Waals surface area contributed by atoms with Gasteiger partial charge in [0.05, 0.1) is 10.9 Å². The van der Waals surface area contributed by atoms with Crippen LogP contribution in [0.4, 0.5) is 24.5 Å². The summed E-state index contributed by atoms with van der Waals surface area (Å²) in [5.41, 5.74) is 5.26. The molecule has 0 unspecified atom stereocenters. The van der Waals surface area contributed by atoms with Gasteiger partial charge in [-0.3, -0.25) is 9.71 Å². The summed E-state index contributed by atoms with van der Waals surface area (Å²) in [6, 6.07) is 7.56. The number of benzene rings is 2. The quantitative estimate of drug-likeness (QED) is 0.291. The minimum absolute atomic E-state index is 0.0544. The molecule has 0 spiro atoms. The topological polar surface area (TPSA) is 103 Å². The highest BCUT2D eigenvalue weighted by atomic mass is 35.5. The number of hydrogen-bond donors (Lipinski definition) is 2. The zero-order valence-corrected chi connectivity index (χ0v) is 20.8. The Labute approximate surface area is 216 Å². The molecule has 2 aromatic heterocycles. The Morgan fingerprint density at radius 3 is 2.30 bits per heavy atom. The third kappa shape index (κ3) is 4.88. The molecule has 12 heteroatoms. The van der Waals surface area contributed by atoms with Crippen molar-refractivity contribution in [3.05, 3.63) is 77.5 Å². The summed E-state index contributed by atoms with van der Waals surface area (Å²) in [7, 11) is -3.86. The number of pyridine rings is 1. The standard InChI is InChI=1S/C25H21ClF3N5O2S/c26-15-9-18(23(29)22(10-15)33-37(35,36)17-3-1-2-4-17)19-13-34(25-20(27)11-16(30)12-21(25)28)32-24(19)14-5-7-31-8-6-14/h5-13,17,33H,1-4,30H2. The summed E-state index contributed by atoms with van der Waals surface area (Å²) in [5, 5.41) is 3.77. The number of halogens is 4. The monoisotopic (exact) mass is 547 g/mol. The fourth-order valence-corrected chi connectivity index (χ4v) is 6.30. The van der Waals surface area contributed by atoms with Gasteiger partial charge in [0, 0.05) is 46.0 Å². The van der Waals surface area contributed by atoms with Gasteiger partial charge < -0.3 is 5.73 Å². The van der Waals surface area contributed by atoms with E-state index in [-0.39, 0.29) is 33.2 Å². The number of anilines is 2. The molecule has 1 aliphatic rings. The lowest BCUT2D eigenvalue weighted by molar-refractivity contribution is 0.561. The molecule has 7 nitrogen and oxygen atoms in total. The molecule has 2 aromatic carbocycles. The first-order valence-electron chi connectivity index (χ1n) is 11.4. The van der Waals surface area contributed by atoms with E-state index < -0.39 is 38.4 Å². The number of rotatable bonds is 6. The average molecular weight is 548 g/mol.